The number of aliphatic hydroxyl groups excluding tert-OH is 1. The molecule has 0 saturated carbocycles. The predicted octanol–water partition coefficient (Wildman–Crippen LogP) is 2.18. The van der Waals surface area contributed by atoms with Gasteiger partial charge in [0.25, 0.3) is 0 Å². The first kappa shape index (κ1) is 17.3. The lowest BCUT2D eigenvalue weighted by molar-refractivity contribution is -0.142. The minimum Gasteiger partial charge on any atom is -0.465 e. The quantitative estimate of drug-likeness (QED) is 0.785. The van der Waals surface area contributed by atoms with Gasteiger partial charge in [-0.15, -0.1) is 0 Å². The number of halogens is 3. The summed E-state index contributed by atoms with van der Waals surface area (Å²) in [7, 11) is 0. The van der Waals surface area contributed by atoms with Crippen molar-refractivity contribution in [3.05, 3.63) is 52.3 Å². The minimum absolute atomic E-state index is 0.132. The fraction of sp³-hybridized carbons (Fsp3) is 0.375. The number of aliphatic hydroxyl groups is 1. The van der Waals surface area contributed by atoms with E-state index in [1.54, 1.807) is 6.07 Å². The van der Waals surface area contributed by atoms with Crippen LogP contribution in [0.3, 0.4) is 0 Å². The second kappa shape index (κ2) is 6.40. The fourth-order valence-corrected chi connectivity index (χ4v) is 3.13. The van der Waals surface area contributed by atoms with E-state index < -0.39 is 24.6 Å². The number of nitrogens with zero attached hydrogens (tertiary/aromatic N) is 2. The molecule has 0 radical (unpaired) electrons. The number of nitrogens with one attached hydrogen (secondary N) is 1. The smallest absolute Gasteiger partial charge is 0.435 e. The van der Waals surface area contributed by atoms with Gasteiger partial charge in [0.1, 0.15) is 0 Å². The number of carboxylic acid groups (broad SMARTS) is 1. The Balaban J connectivity index is 1.78. The van der Waals surface area contributed by atoms with Crippen LogP contribution in [0.25, 0.3) is 0 Å². The van der Waals surface area contributed by atoms with E-state index in [4.69, 9.17) is 10.2 Å². The maximum atomic E-state index is 12.9. The van der Waals surface area contributed by atoms with E-state index in [2.05, 4.69) is 10.4 Å². The number of hydrogen-bond donors (Lipinski definition) is 3. The van der Waals surface area contributed by atoms with Gasteiger partial charge < -0.3 is 15.5 Å². The van der Waals surface area contributed by atoms with Gasteiger partial charge in [-0.05, 0) is 29.5 Å². The first-order valence-electron chi connectivity index (χ1n) is 7.61. The van der Waals surface area contributed by atoms with E-state index >= 15 is 0 Å². The minimum atomic E-state index is -4.61. The molecule has 6 nitrogen and oxygen atoms in total. The highest BCUT2D eigenvalue weighted by molar-refractivity contribution is 5.65. The number of amides is 1. The summed E-state index contributed by atoms with van der Waals surface area (Å²) < 4.78 is 39.8. The molecule has 0 saturated heterocycles. The summed E-state index contributed by atoms with van der Waals surface area (Å²) in [5.41, 5.74) is 1.41. The Morgan fingerprint density at radius 1 is 1.32 bits per heavy atom. The summed E-state index contributed by atoms with van der Waals surface area (Å²) in [5, 5.41) is 23.8. The molecule has 25 heavy (non-hydrogen) atoms. The van der Waals surface area contributed by atoms with Crippen LogP contribution < -0.4 is 5.32 Å². The Morgan fingerprint density at radius 3 is 2.64 bits per heavy atom. The third kappa shape index (κ3) is 3.76. The van der Waals surface area contributed by atoms with Crippen LogP contribution in [-0.2, 0) is 32.2 Å². The Kier molecular flexibility index (Phi) is 4.42. The van der Waals surface area contributed by atoms with E-state index in [0.717, 1.165) is 21.4 Å². The predicted molar refractivity (Wildman–Crippen MR) is 81.1 cm³/mol. The molecule has 1 aromatic carbocycles. The molecule has 134 valence electrons. The standard InChI is InChI=1S/C16H16F3N3O3/c17-16(18,19)14-12(8-23)7-22(21-14)6-9-1-2-10-4-13(20-15(24)25)5-11(10)3-9/h1-3,7,13,20,23H,4-6,8H2,(H,24,25). The van der Waals surface area contributed by atoms with Crippen molar-refractivity contribution in [2.24, 2.45) is 0 Å². The summed E-state index contributed by atoms with van der Waals surface area (Å²) in [6.07, 6.45) is -3.37. The van der Waals surface area contributed by atoms with Crippen molar-refractivity contribution in [1.82, 2.24) is 15.1 Å². The maximum Gasteiger partial charge on any atom is 0.435 e. The molecule has 1 aliphatic carbocycles. The molecular formula is C16H16F3N3O3. The van der Waals surface area contributed by atoms with Gasteiger partial charge >= 0.3 is 12.3 Å². The number of aromatic nitrogens is 2. The monoisotopic (exact) mass is 355 g/mol. The molecule has 1 amide bonds. The topological polar surface area (TPSA) is 87.4 Å². The highest BCUT2D eigenvalue weighted by atomic mass is 19.4. The van der Waals surface area contributed by atoms with Gasteiger partial charge in [0.15, 0.2) is 5.69 Å². The fourth-order valence-electron chi connectivity index (χ4n) is 3.13. The van der Waals surface area contributed by atoms with Crippen LogP contribution in [0, 0.1) is 0 Å². The first-order valence-corrected chi connectivity index (χ1v) is 7.61. The van der Waals surface area contributed by atoms with Crippen molar-refractivity contribution in [1.29, 1.82) is 0 Å². The van der Waals surface area contributed by atoms with Crippen LogP contribution in [0.1, 0.15) is 27.9 Å². The molecule has 1 heterocycles. The zero-order chi connectivity index (χ0) is 18.2. The summed E-state index contributed by atoms with van der Waals surface area (Å²) in [4.78, 5) is 10.7. The van der Waals surface area contributed by atoms with Gasteiger partial charge in [0.05, 0.1) is 13.2 Å². The van der Waals surface area contributed by atoms with Crippen LogP contribution >= 0.6 is 0 Å². The van der Waals surface area contributed by atoms with Crippen molar-refractivity contribution in [3.8, 4) is 0 Å². The lowest BCUT2D eigenvalue weighted by Crippen LogP contribution is -2.33. The zero-order valence-corrected chi connectivity index (χ0v) is 13.0. The summed E-state index contributed by atoms with van der Waals surface area (Å²) >= 11 is 0. The van der Waals surface area contributed by atoms with Gasteiger partial charge in [-0.1, -0.05) is 18.2 Å². The van der Waals surface area contributed by atoms with Crippen LogP contribution in [0.15, 0.2) is 24.4 Å². The van der Waals surface area contributed by atoms with Crippen LogP contribution in [0.4, 0.5) is 18.0 Å². The number of benzene rings is 1. The lowest BCUT2D eigenvalue weighted by atomic mass is 10.1. The highest BCUT2D eigenvalue weighted by Gasteiger charge is 2.37. The molecule has 3 rings (SSSR count). The molecule has 1 atom stereocenters. The van der Waals surface area contributed by atoms with Crippen molar-refractivity contribution in [2.45, 2.75) is 38.2 Å². The van der Waals surface area contributed by atoms with Crippen molar-refractivity contribution in [2.75, 3.05) is 0 Å². The Bertz CT molecular complexity index is 802. The van der Waals surface area contributed by atoms with Crippen LogP contribution in [0.2, 0.25) is 0 Å². The van der Waals surface area contributed by atoms with Gasteiger partial charge in [-0.2, -0.15) is 18.3 Å². The van der Waals surface area contributed by atoms with E-state index in [0.29, 0.717) is 12.8 Å². The molecule has 1 aromatic heterocycles. The lowest BCUT2D eigenvalue weighted by Gasteiger charge is -2.07. The average Bonchev–Trinajstić information content (AvgIpc) is 3.08. The van der Waals surface area contributed by atoms with E-state index in [1.807, 2.05) is 12.1 Å². The molecule has 3 N–H and O–H groups in total. The summed E-state index contributed by atoms with van der Waals surface area (Å²) in [5.74, 6) is 0. The molecule has 2 aromatic rings. The second-order valence-corrected chi connectivity index (χ2v) is 6.01. The molecule has 0 fully saturated rings. The molecular weight excluding hydrogens is 339 g/mol. The molecule has 0 spiro atoms. The largest absolute Gasteiger partial charge is 0.465 e. The van der Waals surface area contributed by atoms with Crippen molar-refractivity contribution < 1.29 is 28.2 Å². The third-order valence-electron chi connectivity index (χ3n) is 4.15. The second-order valence-electron chi connectivity index (χ2n) is 6.01. The molecule has 0 bridgehead atoms. The molecule has 9 heteroatoms. The van der Waals surface area contributed by atoms with Crippen LogP contribution in [-0.4, -0.2) is 32.1 Å². The molecule has 1 unspecified atom stereocenters. The summed E-state index contributed by atoms with van der Waals surface area (Å²) in [6.45, 7) is -0.602. The Labute approximate surface area is 140 Å². The van der Waals surface area contributed by atoms with Gasteiger partial charge in [0, 0.05) is 17.8 Å². The first-order chi connectivity index (χ1) is 11.8. The van der Waals surface area contributed by atoms with Crippen molar-refractivity contribution >= 4 is 6.09 Å². The zero-order valence-electron chi connectivity index (χ0n) is 13.0. The number of hydrogen-bond acceptors (Lipinski definition) is 3. The van der Waals surface area contributed by atoms with Gasteiger partial charge in [-0.25, -0.2) is 4.79 Å². The number of rotatable bonds is 4. The Hall–Kier alpha value is -2.55. The highest BCUT2D eigenvalue weighted by Crippen LogP contribution is 2.31. The summed E-state index contributed by atoms with van der Waals surface area (Å²) in [6, 6.07) is 5.31. The Morgan fingerprint density at radius 2 is 2.04 bits per heavy atom. The maximum absolute atomic E-state index is 12.9. The van der Waals surface area contributed by atoms with E-state index in [9.17, 15) is 18.0 Å². The van der Waals surface area contributed by atoms with E-state index in [-0.39, 0.29) is 18.2 Å². The number of carbonyl (C=O) groups is 1. The molecule has 0 aliphatic heterocycles. The molecule has 1 aliphatic rings. The van der Waals surface area contributed by atoms with E-state index in [1.165, 1.54) is 6.20 Å². The van der Waals surface area contributed by atoms with Crippen LogP contribution in [0.5, 0.6) is 0 Å². The van der Waals surface area contributed by atoms with Crippen molar-refractivity contribution in [3.63, 3.8) is 0 Å². The van der Waals surface area contributed by atoms with Gasteiger partial charge in [-0.3, -0.25) is 4.68 Å². The average molecular weight is 355 g/mol. The van der Waals surface area contributed by atoms with Gasteiger partial charge in [0.2, 0.25) is 0 Å². The number of alkyl halides is 3. The normalized spacial score (nSPS) is 16.7. The SMILES string of the molecule is O=C(O)NC1Cc2ccc(Cn3cc(CO)c(C(F)(F)F)n3)cc2C1. The number of fused-ring (bicyclic) bond motifs is 1. The third-order valence-corrected chi connectivity index (χ3v) is 4.15.